The second-order valence-corrected chi connectivity index (χ2v) is 10.8. The summed E-state index contributed by atoms with van der Waals surface area (Å²) in [6, 6.07) is 11.4. The van der Waals surface area contributed by atoms with Crippen molar-refractivity contribution in [2.45, 2.75) is 52.7 Å². The number of methoxy groups -OCH3 is 2. The molecule has 0 aromatic heterocycles. The molecule has 1 atom stereocenters. The first-order chi connectivity index (χ1) is 16.9. The van der Waals surface area contributed by atoms with Gasteiger partial charge in [-0.2, -0.15) is 0 Å². The van der Waals surface area contributed by atoms with Crippen LogP contribution in [0.5, 0.6) is 11.5 Å². The van der Waals surface area contributed by atoms with E-state index in [4.69, 9.17) is 9.47 Å². The van der Waals surface area contributed by atoms with Crippen molar-refractivity contribution >= 4 is 27.5 Å². The molecule has 10 heteroatoms. The molecule has 0 saturated carbocycles. The van der Waals surface area contributed by atoms with Crippen molar-refractivity contribution in [3.8, 4) is 11.5 Å². The number of nitrogens with zero attached hydrogens (tertiary/aromatic N) is 2. The van der Waals surface area contributed by atoms with Gasteiger partial charge in [-0.3, -0.25) is 13.9 Å². The molecule has 9 nitrogen and oxygen atoms in total. The van der Waals surface area contributed by atoms with Crippen LogP contribution in [-0.4, -0.2) is 64.2 Å². The van der Waals surface area contributed by atoms with E-state index in [1.54, 1.807) is 43.5 Å². The van der Waals surface area contributed by atoms with E-state index in [-0.39, 0.29) is 24.2 Å². The Morgan fingerprint density at radius 1 is 1.06 bits per heavy atom. The predicted molar refractivity (Wildman–Crippen MR) is 141 cm³/mol. The molecule has 0 aliphatic carbocycles. The molecule has 2 aromatic carbocycles. The molecule has 1 N–H and O–H groups in total. The minimum Gasteiger partial charge on any atom is -0.497 e. The van der Waals surface area contributed by atoms with Crippen LogP contribution < -0.4 is 19.1 Å². The lowest BCUT2D eigenvalue weighted by Gasteiger charge is -2.33. The van der Waals surface area contributed by atoms with Crippen LogP contribution in [0.15, 0.2) is 42.5 Å². The summed E-state index contributed by atoms with van der Waals surface area (Å²) in [5, 5.41) is 2.87. The number of anilines is 1. The number of amides is 2. The van der Waals surface area contributed by atoms with Crippen molar-refractivity contribution in [1.29, 1.82) is 0 Å². The molecule has 0 bridgehead atoms. The summed E-state index contributed by atoms with van der Waals surface area (Å²) in [4.78, 5) is 28.3. The molecule has 0 saturated heterocycles. The Bertz CT molecular complexity index is 1170. The second-order valence-electron chi connectivity index (χ2n) is 8.91. The lowest BCUT2D eigenvalue weighted by atomic mass is 10.1. The maximum Gasteiger partial charge on any atom is 0.244 e. The molecule has 0 radical (unpaired) electrons. The first-order valence-electron chi connectivity index (χ1n) is 11.8. The Morgan fingerprint density at radius 3 is 2.31 bits per heavy atom. The highest BCUT2D eigenvalue weighted by Gasteiger charge is 2.32. The van der Waals surface area contributed by atoms with Crippen LogP contribution in [0.3, 0.4) is 0 Å². The normalized spacial score (nSPS) is 12.1. The van der Waals surface area contributed by atoms with Crippen molar-refractivity contribution in [1.82, 2.24) is 10.2 Å². The highest BCUT2D eigenvalue weighted by Crippen LogP contribution is 2.31. The van der Waals surface area contributed by atoms with Crippen LogP contribution in [0.4, 0.5) is 5.69 Å². The summed E-state index contributed by atoms with van der Waals surface area (Å²) in [6.07, 6.45) is 1.39. The average Bonchev–Trinajstić information content (AvgIpc) is 2.81. The summed E-state index contributed by atoms with van der Waals surface area (Å²) in [7, 11) is -0.879. The van der Waals surface area contributed by atoms with E-state index in [1.165, 1.54) is 12.0 Å². The first kappa shape index (κ1) is 29.0. The molecule has 36 heavy (non-hydrogen) atoms. The van der Waals surface area contributed by atoms with Crippen molar-refractivity contribution in [3.05, 3.63) is 53.6 Å². The molecule has 0 spiro atoms. The maximum atomic E-state index is 13.8. The van der Waals surface area contributed by atoms with Crippen LogP contribution in [0.25, 0.3) is 0 Å². The number of hydrogen-bond donors (Lipinski definition) is 1. The highest BCUT2D eigenvalue weighted by molar-refractivity contribution is 7.92. The summed E-state index contributed by atoms with van der Waals surface area (Å²) < 4.78 is 37.4. The second kappa shape index (κ2) is 12.6. The van der Waals surface area contributed by atoms with Gasteiger partial charge in [0, 0.05) is 12.6 Å². The Hall–Kier alpha value is -3.27. The third-order valence-corrected chi connectivity index (χ3v) is 6.71. The van der Waals surface area contributed by atoms with Crippen LogP contribution in [0, 0.1) is 6.92 Å². The quantitative estimate of drug-likeness (QED) is 0.462. The molecule has 198 valence electrons. The molecule has 0 aliphatic heterocycles. The van der Waals surface area contributed by atoms with E-state index in [0.29, 0.717) is 17.9 Å². The van der Waals surface area contributed by atoms with Crippen molar-refractivity contribution < 1.29 is 27.5 Å². The van der Waals surface area contributed by atoms with E-state index in [0.717, 1.165) is 21.7 Å². The number of aryl methyl sites for hydroxylation is 1. The lowest BCUT2D eigenvalue weighted by molar-refractivity contribution is -0.140. The third kappa shape index (κ3) is 7.61. The highest BCUT2D eigenvalue weighted by atomic mass is 32.2. The van der Waals surface area contributed by atoms with Crippen molar-refractivity contribution in [2.24, 2.45) is 0 Å². The summed E-state index contributed by atoms with van der Waals surface area (Å²) in [5.41, 5.74) is 1.81. The molecular formula is C26H37N3O6S. The number of nitrogens with one attached hydrogen (secondary N) is 1. The van der Waals surface area contributed by atoms with Gasteiger partial charge >= 0.3 is 0 Å². The molecular weight excluding hydrogens is 482 g/mol. The predicted octanol–water partition coefficient (Wildman–Crippen LogP) is 3.11. The van der Waals surface area contributed by atoms with Crippen LogP contribution in [0.2, 0.25) is 0 Å². The van der Waals surface area contributed by atoms with Gasteiger partial charge in [0.25, 0.3) is 0 Å². The number of carbonyl (C=O) groups is 2. The largest absolute Gasteiger partial charge is 0.497 e. The number of benzene rings is 2. The minimum absolute atomic E-state index is 0.0998. The van der Waals surface area contributed by atoms with Gasteiger partial charge in [0.15, 0.2) is 0 Å². The Labute approximate surface area is 214 Å². The first-order valence-corrected chi connectivity index (χ1v) is 13.6. The number of sulfonamides is 1. The number of ether oxygens (including phenoxy) is 2. The molecule has 1 unspecified atom stereocenters. The summed E-state index contributed by atoms with van der Waals surface area (Å²) >= 11 is 0. The zero-order valence-corrected chi connectivity index (χ0v) is 22.9. The van der Waals surface area contributed by atoms with Gasteiger partial charge in [-0.1, -0.05) is 25.1 Å². The molecule has 0 heterocycles. The van der Waals surface area contributed by atoms with Crippen LogP contribution >= 0.6 is 0 Å². The van der Waals surface area contributed by atoms with Crippen LogP contribution in [0.1, 0.15) is 38.3 Å². The van der Waals surface area contributed by atoms with E-state index in [1.807, 2.05) is 33.8 Å². The van der Waals surface area contributed by atoms with Gasteiger partial charge < -0.3 is 19.7 Å². The fourth-order valence-corrected chi connectivity index (χ4v) is 4.70. The Balaban J connectivity index is 2.53. The molecule has 0 aliphatic rings. The summed E-state index contributed by atoms with van der Waals surface area (Å²) in [5.74, 6) is 0.116. The van der Waals surface area contributed by atoms with E-state index in [2.05, 4.69) is 5.32 Å². The average molecular weight is 520 g/mol. The van der Waals surface area contributed by atoms with E-state index < -0.39 is 28.5 Å². The molecule has 2 amide bonds. The molecule has 0 fully saturated rings. The third-order valence-electron chi connectivity index (χ3n) is 5.59. The Kier molecular flexibility index (Phi) is 10.2. The minimum atomic E-state index is -3.87. The standard InChI is InChI=1S/C26H37N3O6S/c1-8-22(26(31)27-18(2)3)28(16-20-10-9-11-21(15-20)34-5)25(30)17-29(36(7,32)33)23-14-19(4)12-13-24(23)35-6/h9-15,18,22H,8,16-17H2,1-7H3,(H,27,31). The zero-order valence-electron chi connectivity index (χ0n) is 22.1. The number of carbonyl (C=O) groups excluding carboxylic acids is 2. The fourth-order valence-electron chi connectivity index (χ4n) is 3.86. The van der Waals surface area contributed by atoms with Gasteiger partial charge in [-0.05, 0) is 62.6 Å². The van der Waals surface area contributed by atoms with Gasteiger partial charge in [-0.15, -0.1) is 0 Å². The monoisotopic (exact) mass is 519 g/mol. The van der Waals surface area contributed by atoms with Crippen molar-refractivity contribution in [3.63, 3.8) is 0 Å². The zero-order chi connectivity index (χ0) is 27.0. The van der Waals surface area contributed by atoms with E-state index >= 15 is 0 Å². The van der Waals surface area contributed by atoms with Gasteiger partial charge in [0.1, 0.15) is 24.1 Å². The van der Waals surface area contributed by atoms with Gasteiger partial charge in [0.05, 0.1) is 26.2 Å². The van der Waals surface area contributed by atoms with Gasteiger partial charge in [-0.25, -0.2) is 8.42 Å². The smallest absolute Gasteiger partial charge is 0.244 e. The summed E-state index contributed by atoms with van der Waals surface area (Å²) in [6.45, 7) is 6.93. The lowest BCUT2D eigenvalue weighted by Crippen LogP contribution is -2.53. The van der Waals surface area contributed by atoms with E-state index in [9.17, 15) is 18.0 Å². The number of hydrogen-bond acceptors (Lipinski definition) is 6. The van der Waals surface area contributed by atoms with Crippen LogP contribution in [-0.2, 0) is 26.2 Å². The molecule has 2 aromatic rings. The fraction of sp³-hybridized carbons (Fsp3) is 0.462. The molecule has 2 rings (SSSR count). The maximum absolute atomic E-state index is 13.8. The SMILES string of the molecule is CCC(C(=O)NC(C)C)N(Cc1cccc(OC)c1)C(=O)CN(c1cc(C)ccc1OC)S(C)(=O)=O. The van der Waals surface area contributed by atoms with Gasteiger partial charge in [0.2, 0.25) is 21.8 Å². The van der Waals surface area contributed by atoms with Crippen molar-refractivity contribution in [2.75, 3.05) is 31.3 Å². The topological polar surface area (TPSA) is 105 Å². The Morgan fingerprint density at radius 2 is 1.75 bits per heavy atom. The number of rotatable bonds is 12.